The van der Waals surface area contributed by atoms with E-state index in [0.29, 0.717) is 6.04 Å². The van der Waals surface area contributed by atoms with Crippen LogP contribution in [0.1, 0.15) is 53.9 Å². The van der Waals surface area contributed by atoms with Gasteiger partial charge in [-0.05, 0) is 32.4 Å². The lowest BCUT2D eigenvalue weighted by molar-refractivity contribution is 0.185. The molecule has 0 radical (unpaired) electrons. The maximum absolute atomic E-state index is 3.55. The van der Waals surface area contributed by atoms with Gasteiger partial charge in [0, 0.05) is 19.1 Å². The maximum atomic E-state index is 3.55. The molecule has 0 aromatic heterocycles. The maximum Gasteiger partial charge on any atom is 0.0192 e. The number of hydrogen-bond donors (Lipinski definition) is 1. The van der Waals surface area contributed by atoms with Gasteiger partial charge in [-0.2, -0.15) is 0 Å². The fourth-order valence-corrected chi connectivity index (χ4v) is 1.89. The molecule has 16 heavy (non-hydrogen) atoms. The zero-order valence-electron chi connectivity index (χ0n) is 12.1. The number of rotatable bonds is 10. The normalized spacial score (nSPS) is 15.4. The summed E-state index contributed by atoms with van der Waals surface area (Å²) in [6.45, 7) is 16.2. The van der Waals surface area contributed by atoms with Crippen LogP contribution in [0.3, 0.4) is 0 Å². The van der Waals surface area contributed by atoms with Crippen molar-refractivity contribution in [1.29, 1.82) is 0 Å². The van der Waals surface area contributed by atoms with Crippen molar-refractivity contribution in [3.63, 3.8) is 0 Å². The van der Waals surface area contributed by atoms with Crippen LogP contribution in [-0.2, 0) is 0 Å². The summed E-state index contributed by atoms with van der Waals surface area (Å²) >= 11 is 0. The van der Waals surface area contributed by atoms with Crippen molar-refractivity contribution >= 4 is 0 Å². The Hall–Kier alpha value is -0.0800. The molecule has 0 amide bonds. The van der Waals surface area contributed by atoms with Crippen molar-refractivity contribution in [3.05, 3.63) is 0 Å². The fraction of sp³-hybridized carbons (Fsp3) is 1.00. The van der Waals surface area contributed by atoms with Crippen LogP contribution in [0.15, 0.2) is 0 Å². The molecule has 98 valence electrons. The lowest BCUT2D eigenvalue weighted by atomic mass is 10.1. The van der Waals surface area contributed by atoms with Crippen molar-refractivity contribution in [2.45, 2.75) is 59.9 Å². The van der Waals surface area contributed by atoms with Gasteiger partial charge in [0.25, 0.3) is 0 Å². The molecule has 0 aromatic rings. The molecule has 0 saturated carbocycles. The van der Waals surface area contributed by atoms with Crippen molar-refractivity contribution in [3.8, 4) is 0 Å². The SMILES string of the molecule is CCCCNCC(C)N(CC)CC(C)CC. The van der Waals surface area contributed by atoms with E-state index < -0.39 is 0 Å². The third-order valence-electron chi connectivity index (χ3n) is 3.42. The molecule has 0 aliphatic carbocycles. The van der Waals surface area contributed by atoms with Gasteiger partial charge in [-0.3, -0.25) is 4.90 Å². The number of likely N-dealkylation sites (N-methyl/N-ethyl adjacent to an activating group) is 1. The first-order valence-corrected chi connectivity index (χ1v) is 7.10. The molecule has 0 aliphatic rings. The van der Waals surface area contributed by atoms with Gasteiger partial charge in [0.05, 0.1) is 0 Å². The standard InChI is InChI=1S/C14H32N2/c1-6-9-10-15-11-14(5)16(8-3)12-13(4)7-2/h13-15H,6-12H2,1-5H3. The lowest BCUT2D eigenvalue weighted by Gasteiger charge is -2.30. The van der Waals surface area contributed by atoms with Gasteiger partial charge in [0.1, 0.15) is 0 Å². The van der Waals surface area contributed by atoms with Crippen molar-refractivity contribution in [2.24, 2.45) is 5.92 Å². The molecule has 0 aliphatic heterocycles. The third kappa shape index (κ3) is 7.24. The Kier molecular flexibility index (Phi) is 10.0. The molecule has 2 nitrogen and oxygen atoms in total. The second-order valence-corrected chi connectivity index (χ2v) is 5.01. The number of hydrogen-bond acceptors (Lipinski definition) is 2. The average molecular weight is 228 g/mol. The van der Waals surface area contributed by atoms with E-state index in [4.69, 9.17) is 0 Å². The zero-order chi connectivity index (χ0) is 12.4. The first-order chi connectivity index (χ1) is 7.65. The number of nitrogens with zero attached hydrogens (tertiary/aromatic N) is 1. The highest BCUT2D eigenvalue weighted by Gasteiger charge is 2.13. The van der Waals surface area contributed by atoms with Gasteiger partial charge in [0.15, 0.2) is 0 Å². The molecule has 0 saturated heterocycles. The number of nitrogens with one attached hydrogen (secondary N) is 1. The topological polar surface area (TPSA) is 15.3 Å². The Morgan fingerprint density at radius 1 is 1.12 bits per heavy atom. The second kappa shape index (κ2) is 10.1. The molecule has 2 heteroatoms. The van der Waals surface area contributed by atoms with Crippen LogP contribution >= 0.6 is 0 Å². The Balaban J connectivity index is 3.77. The van der Waals surface area contributed by atoms with E-state index in [-0.39, 0.29) is 0 Å². The quantitative estimate of drug-likeness (QED) is 0.578. The summed E-state index contributed by atoms with van der Waals surface area (Å²) in [5, 5.41) is 3.55. The molecule has 0 rings (SSSR count). The van der Waals surface area contributed by atoms with Crippen LogP contribution in [0.25, 0.3) is 0 Å². The van der Waals surface area contributed by atoms with Crippen molar-refractivity contribution < 1.29 is 0 Å². The third-order valence-corrected chi connectivity index (χ3v) is 3.42. The highest BCUT2D eigenvalue weighted by Crippen LogP contribution is 2.07. The number of unbranched alkanes of at least 4 members (excludes halogenated alkanes) is 1. The van der Waals surface area contributed by atoms with E-state index in [1.807, 2.05) is 0 Å². The second-order valence-electron chi connectivity index (χ2n) is 5.01. The molecular weight excluding hydrogens is 196 g/mol. The lowest BCUT2D eigenvalue weighted by Crippen LogP contribution is -2.42. The van der Waals surface area contributed by atoms with Gasteiger partial charge in [-0.1, -0.05) is 40.5 Å². The minimum absolute atomic E-state index is 0.663. The Morgan fingerprint density at radius 3 is 2.31 bits per heavy atom. The molecular formula is C14H32N2. The van der Waals surface area contributed by atoms with Crippen LogP contribution < -0.4 is 5.32 Å². The summed E-state index contributed by atoms with van der Waals surface area (Å²) in [5.74, 6) is 0.818. The smallest absolute Gasteiger partial charge is 0.0192 e. The van der Waals surface area contributed by atoms with Gasteiger partial charge < -0.3 is 5.32 Å². The van der Waals surface area contributed by atoms with E-state index in [9.17, 15) is 0 Å². The molecule has 0 bridgehead atoms. The molecule has 0 heterocycles. The summed E-state index contributed by atoms with van der Waals surface area (Å²) in [4.78, 5) is 2.59. The van der Waals surface area contributed by atoms with E-state index in [1.54, 1.807) is 0 Å². The van der Waals surface area contributed by atoms with Crippen molar-refractivity contribution in [1.82, 2.24) is 10.2 Å². The Morgan fingerprint density at radius 2 is 1.81 bits per heavy atom. The summed E-state index contributed by atoms with van der Waals surface area (Å²) in [5.41, 5.74) is 0. The van der Waals surface area contributed by atoms with Crippen molar-refractivity contribution in [2.75, 3.05) is 26.2 Å². The Bertz CT molecular complexity index is 148. The molecule has 1 N–H and O–H groups in total. The Labute approximate surface area is 103 Å². The van der Waals surface area contributed by atoms with Gasteiger partial charge in [-0.15, -0.1) is 0 Å². The monoisotopic (exact) mass is 228 g/mol. The van der Waals surface area contributed by atoms with Crippen LogP contribution in [0.5, 0.6) is 0 Å². The van der Waals surface area contributed by atoms with Crippen LogP contribution in [0.4, 0.5) is 0 Å². The van der Waals surface area contributed by atoms with E-state index in [0.717, 1.165) is 12.5 Å². The van der Waals surface area contributed by atoms with E-state index >= 15 is 0 Å². The minimum atomic E-state index is 0.663. The predicted octanol–water partition coefficient (Wildman–Crippen LogP) is 3.13. The molecule has 2 unspecified atom stereocenters. The van der Waals surface area contributed by atoms with Gasteiger partial charge in [0.2, 0.25) is 0 Å². The minimum Gasteiger partial charge on any atom is -0.315 e. The van der Waals surface area contributed by atoms with E-state index in [2.05, 4.69) is 44.8 Å². The summed E-state index contributed by atoms with van der Waals surface area (Å²) in [6, 6.07) is 0.663. The largest absolute Gasteiger partial charge is 0.315 e. The molecule has 0 spiro atoms. The van der Waals surface area contributed by atoms with E-state index in [1.165, 1.54) is 38.9 Å². The zero-order valence-corrected chi connectivity index (χ0v) is 12.1. The summed E-state index contributed by atoms with van der Waals surface area (Å²) < 4.78 is 0. The fourth-order valence-electron chi connectivity index (χ4n) is 1.89. The average Bonchev–Trinajstić information content (AvgIpc) is 2.30. The first-order valence-electron chi connectivity index (χ1n) is 7.10. The van der Waals surface area contributed by atoms with Crippen LogP contribution in [-0.4, -0.2) is 37.1 Å². The first kappa shape index (κ1) is 15.9. The summed E-state index contributed by atoms with van der Waals surface area (Å²) in [7, 11) is 0. The van der Waals surface area contributed by atoms with Crippen LogP contribution in [0.2, 0.25) is 0 Å². The highest BCUT2D eigenvalue weighted by molar-refractivity contribution is 4.70. The predicted molar refractivity (Wildman–Crippen MR) is 73.9 cm³/mol. The molecule has 2 atom stereocenters. The van der Waals surface area contributed by atoms with Gasteiger partial charge >= 0.3 is 0 Å². The molecule has 0 aromatic carbocycles. The summed E-state index contributed by atoms with van der Waals surface area (Å²) in [6.07, 6.45) is 3.86. The molecule has 0 fully saturated rings. The highest BCUT2D eigenvalue weighted by atomic mass is 15.2. The van der Waals surface area contributed by atoms with Gasteiger partial charge in [-0.25, -0.2) is 0 Å². The van der Waals surface area contributed by atoms with Crippen LogP contribution in [0, 0.1) is 5.92 Å².